The monoisotopic (exact) mass is 429 g/mol. The van der Waals surface area contributed by atoms with Crippen molar-refractivity contribution >= 4 is 34.7 Å². The first-order valence-corrected chi connectivity index (χ1v) is 9.20. The van der Waals surface area contributed by atoms with Gasteiger partial charge in [-0.25, -0.2) is 0 Å². The lowest BCUT2D eigenvalue weighted by Crippen LogP contribution is -2.44. The van der Waals surface area contributed by atoms with Crippen molar-refractivity contribution in [2.45, 2.75) is 0 Å². The summed E-state index contributed by atoms with van der Waals surface area (Å²) >= 11 is 0. The minimum atomic E-state index is -0.756. The highest BCUT2D eigenvalue weighted by molar-refractivity contribution is 5.90. The molecule has 1 aliphatic heterocycles. The molecule has 0 aromatic heterocycles. The largest absolute Gasteiger partial charge is 0.368 e. The number of nitrogens with one attached hydrogen (secondary N) is 1. The first-order valence-electron chi connectivity index (χ1n) is 9.20. The average Bonchev–Trinajstić information content (AvgIpc) is 2.74. The van der Waals surface area contributed by atoms with Gasteiger partial charge in [0.1, 0.15) is 5.69 Å². The Bertz CT molecular complexity index is 1050. The Morgan fingerprint density at radius 1 is 0.903 bits per heavy atom. The Balaban J connectivity index is 1.89. The maximum absolute atomic E-state index is 11.2. The van der Waals surface area contributed by atoms with Crippen LogP contribution < -0.4 is 10.3 Å². The van der Waals surface area contributed by atoms with Gasteiger partial charge in [-0.1, -0.05) is 0 Å². The Kier molecular flexibility index (Phi) is 6.35. The van der Waals surface area contributed by atoms with Gasteiger partial charge in [0.05, 0.1) is 27.1 Å². The lowest BCUT2D eigenvalue weighted by atomic mass is 10.1. The third kappa shape index (κ3) is 5.08. The Morgan fingerprint density at radius 3 is 2.13 bits per heavy atom. The van der Waals surface area contributed by atoms with Crippen LogP contribution in [-0.4, -0.2) is 59.1 Å². The summed E-state index contributed by atoms with van der Waals surface area (Å²) in [6.07, 6.45) is 1.34. The van der Waals surface area contributed by atoms with Crippen LogP contribution in [0.4, 0.5) is 28.4 Å². The fraction of sp³-hybridized carbons (Fsp3) is 0.278. The number of benzene rings is 2. The van der Waals surface area contributed by atoms with Crippen molar-refractivity contribution in [3.8, 4) is 0 Å². The molecule has 0 bridgehead atoms. The molecule has 2 aromatic carbocycles. The van der Waals surface area contributed by atoms with Gasteiger partial charge in [-0.05, 0) is 19.2 Å². The van der Waals surface area contributed by atoms with Crippen LogP contribution in [0.2, 0.25) is 0 Å². The molecule has 1 N–H and O–H groups in total. The maximum atomic E-state index is 11.2. The number of rotatable bonds is 7. The normalized spacial score (nSPS) is 14.5. The molecule has 0 spiro atoms. The lowest BCUT2D eigenvalue weighted by Gasteiger charge is -2.34. The molecule has 0 aliphatic carbocycles. The van der Waals surface area contributed by atoms with E-state index in [1.54, 1.807) is 6.07 Å². The summed E-state index contributed by atoms with van der Waals surface area (Å²) in [4.78, 5) is 35.5. The summed E-state index contributed by atoms with van der Waals surface area (Å²) in [6.45, 7) is 3.13. The fourth-order valence-corrected chi connectivity index (χ4v) is 3.14. The summed E-state index contributed by atoms with van der Waals surface area (Å²) in [5.74, 6) is 0. The third-order valence-electron chi connectivity index (χ3n) is 4.84. The van der Waals surface area contributed by atoms with Gasteiger partial charge in [0, 0.05) is 55.6 Å². The van der Waals surface area contributed by atoms with Crippen LogP contribution in [0, 0.1) is 30.3 Å². The van der Waals surface area contributed by atoms with Gasteiger partial charge in [-0.3, -0.25) is 35.8 Å². The molecular weight excluding hydrogens is 410 g/mol. The van der Waals surface area contributed by atoms with Crippen molar-refractivity contribution in [2.24, 2.45) is 5.10 Å². The summed E-state index contributed by atoms with van der Waals surface area (Å²) in [6, 6.07) is 7.58. The van der Waals surface area contributed by atoms with E-state index in [9.17, 15) is 30.3 Å². The number of non-ortho nitro benzene ring substituents is 2. The number of nitro benzene ring substituents is 3. The summed E-state index contributed by atoms with van der Waals surface area (Å²) < 4.78 is 0. The number of hydrogen-bond acceptors (Lipinski definition) is 10. The molecule has 13 heteroatoms. The quantitative estimate of drug-likeness (QED) is 0.396. The molecule has 0 radical (unpaired) electrons. The molecule has 1 fully saturated rings. The zero-order chi connectivity index (χ0) is 22.5. The third-order valence-corrected chi connectivity index (χ3v) is 4.84. The second kappa shape index (κ2) is 9.13. The van der Waals surface area contributed by atoms with Crippen molar-refractivity contribution in [3.63, 3.8) is 0 Å². The Hall–Kier alpha value is -4.13. The zero-order valence-corrected chi connectivity index (χ0v) is 16.5. The van der Waals surface area contributed by atoms with Crippen LogP contribution in [0.15, 0.2) is 41.5 Å². The van der Waals surface area contributed by atoms with E-state index < -0.39 is 26.1 Å². The van der Waals surface area contributed by atoms with Crippen LogP contribution >= 0.6 is 0 Å². The predicted molar refractivity (Wildman–Crippen MR) is 114 cm³/mol. The number of nitro groups is 3. The van der Waals surface area contributed by atoms with E-state index in [0.717, 1.165) is 44.0 Å². The van der Waals surface area contributed by atoms with E-state index in [4.69, 9.17) is 0 Å². The van der Waals surface area contributed by atoms with E-state index in [1.807, 2.05) is 7.05 Å². The maximum Gasteiger partial charge on any atom is 0.301 e. The summed E-state index contributed by atoms with van der Waals surface area (Å²) in [5, 5.41) is 37.3. The van der Waals surface area contributed by atoms with Crippen molar-refractivity contribution in [2.75, 3.05) is 43.6 Å². The fourth-order valence-electron chi connectivity index (χ4n) is 3.14. The molecule has 31 heavy (non-hydrogen) atoms. The lowest BCUT2D eigenvalue weighted by molar-refractivity contribution is -0.393. The van der Waals surface area contributed by atoms with E-state index in [0.29, 0.717) is 5.56 Å². The van der Waals surface area contributed by atoms with Gasteiger partial charge in [-0.2, -0.15) is 5.10 Å². The number of piperazine rings is 1. The van der Waals surface area contributed by atoms with E-state index in [1.165, 1.54) is 24.4 Å². The molecule has 1 heterocycles. The predicted octanol–water partition coefficient (Wildman–Crippen LogP) is 2.61. The van der Waals surface area contributed by atoms with Gasteiger partial charge in [-0.15, -0.1) is 0 Å². The summed E-state index contributed by atoms with van der Waals surface area (Å²) in [5.41, 5.74) is 2.64. The highest BCUT2D eigenvalue weighted by Gasteiger charge is 2.20. The first kappa shape index (κ1) is 21.6. The van der Waals surface area contributed by atoms with Gasteiger partial charge < -0.3 is 9.80 Å². The zero-order valence-electron chi connectivity index (χ0n) is 16.5. The average molecular weight is 429 g/mol. The van der Waals surface area contributed by atoms with Gasteiger partial charge in [0.2, 0.25) is 0 Å². The SMILES string of the molecule is CN1CCN(c2ccc([N+](=O)[O-])cc2/C=N\Nc2ccc([N+](=O)[O-])cc2[N+](=O)[O-])CC1. The molecule has 3 rings (SSSR count). The smallest absolute Gasteiger partial charge is 0.301 e. The molecular formula is C18H19N7O6. The van der Waals surface area contributed by atoms with Crippen molar-refractivity contribution in [1.82, 2.24) is 4.90 Å². The van der Waals surface area contributed by atoms with Crippen molar-refractivity contribution in [3.05, 3.63) is 72.3 Å². The molecule has 0 amide bonds. The van der Waals surface area contributed by atoms with E-state index in [-0.39, 0.29) is 11.4 Å². The number of nitrogens with zero attached hydrogens (tertiary/aromatic N) is 6. The second-order valence-corrected chi connectivity index (χ2v) is 6.88. The van der Waals surface area contributed by atoms with E-state index in [2.05, 4.69) is 20.3 Å². The van der Waals surface area contributed by atoms with Crippen LogP contribution in [0.5, 0.6) is 0 Å². The van der Waals surface area contributed by atoms with Crippen LogP contribution in [0.1, 0.15) is 5.56 Å². The van der Waals surface area contributed by atoms with Crippen molar-refractivity contribution < 1.29 is 14.8 Å². The van der Waals surface area contributed by atoms with Gasteiger partial charge in [0.25, 0.3) is 11.4 Å². The minimum absolute atomic E-state index is 0.0431. The molecule has 0 saturated carbocycles. The van der Waals surface area contributed by atoms with Crippen LogP contribution in [0.25, 0.3) is 0 Å². The van der Waals surface area contributed by atoms with E-state index >= 15 is 0 Å². The number of likely N-dealkylation sites (N-methyl/N-ethyl adjacent to an activating group) is 1. The van der Waals surface area contributed by atoms with Crippen LogP contribution in [-0.2, 0) is 0 Å². The van der Waals surface area contributed by atoms with Crippen molar-refractivity contribution in [1.29, 1.82) is 0 Å². The Morgan fingerprint density at radius 2 is 1.52 bits per heavy atom. The molecule has 162 valence electrons. The van der Waals surface area contributed by atoms with Gasteiger partial charge in [0.15, 0.2) is 0 Å². The molecule has 2 aromatic rings. The molecule has 0 atom stereocenters. The second-order valence-electron chi connectivity index (χ2n) is 6.88. The standard InChI is InChI=1S/C18H19N7O6/c1-21-6-8-22(9-7-21)17-5-3-14(23(26)27)10-13(17)12-19-20-16-4-2-15(24(28)29)11-18(16)25(30)31/h2-5,10-12,20H,6-9H2,1H3/b19-12-. The first-order chi connectivity index (χ1) is 14.8. The molecule has 1 saturated heterocycles. The minimum Gasteiger partial charge on any atom is -0.368 e. The number of hydrazone groups is 1. The van der Waals surface area contributed by atoms with Crippen LogP contribution in [0.3, 0.4) is 0 Å². The molecule has 0 unspecified atom stereocenters. The Labute approximate surface area is 176 Å². The number of anilines is 2. The highest BCUT2D eigenvalue weighted by Crippen LogP contribution is 2.29. The van der Waals surface area contributed by atoms with Gasteiger partial charge >= 0.3 is 5.69 Å². The molecule has 1 aliphatic rings. The summed E-state index contributed by atoms with van der Waals surface area (Å²) in [7, 11) is 2.01. The highest BCUT2D eigenvalue weighted by atomic mass is 16.6. The topological polar surface area (TPSA) is 160 Å². The number of hydrogen-bond donors (Lipinski definition) is 1. The molecule has 13 nitrogen and oxygen atoms in total.